The fourth-order valence-corrected chi connectivity index (χ4v) is 2.64. The molecule has 6 nitrogen and oxygen atoms in total. The third kappa shape index (κ3) is 4.95. The molecular formula is C16H14F4N2O4S. The summed E-state index contributed by atoms with van der Waals surface area (Å²) in [7, 11) is -3.86. The van der Waals surface area contributed by atoms with E-state index in [9.17, 15) is 30.8 Å². The van der Waals surface area contributed by atoms with Gasteiger partial charge in [0.25, 0.3) is 5.91 Å². The van der Waals surface area contributed by atoms with Crippen LogP contribution in [-0.4, -0.2) is 20.9 Å². The summed E-state index contributed by atoms with van der Waals surface area (Å²) < 4.78 is 80.0. The topological polar surface area (TPSA) is 98.5 Å². The van der Waals surface area contributed by atoms with E-state index in [-0.39, 0.29) is 11.0 Å². The molecule has 0 spiro atoms. The van der Waals surface area contributed by atoms with Crippen LogP contribution in [0.1, 0.15) is 18.5 Å². The van der Waals surface area contributed by atoms with Crippen molar-refractivity contribution in [1.29, 1.82) is 0 Å². The number of hydrogen-bond donors (Lipinski definition) is 2. The average Bonchev–Trinajstić information content (AvgIpc) is 2.59. The van der Waals surface area contributed by atoms with Crippen LogP contribution in [0.3, 0.4) is 0 Å². The van der Waals surface area contributed by atoms with Gasteiger partial charge < -0.3 is 10.1 Å². The SMILES string of the molecule is C[C@H](NC(=O)COc1c(F)c(F)cc(F)c1F)c1ccc(S(N)(=O)=O)cc1. The maximum Gasteiger partial charge on any atom is 0.258 e. The van der Waals surface area contributed by atoms with Crippen molar-refractivity contribution in [3.8, 4) is 5.75 Å². The molecule has 0 unspecified atom stereocenters. The van der Waals surface area contributed by atoms with Crippen molar-refractivity contribution in [2.24, 2.45) is 5.14 Å². The highest BCUT2D eigenvalue weighted by Crippen LogP contribution is 2.26. The van der Waals surface area contributed by atoms with Gasteiger partial charge in [-0.15, -0.1) is 0 Å². The second-order valence-corrected chi connectivity index (χ2v) is 7.05. The Balaban J connectivity index is 2.02. The summed E-state index contributed by atoms with van der Waals surface area (Å²) in [6, 6.07) is 4.69. The second-order valence-electron chi connectivity index (χ2n) is 5.49. The average molecular weight is 406 g/mol. The van der Waals surface area contributed by atoms with Crippen LogP contribution in [0.4, 0.5) is 17.6 Å². The van der Waals surface area contributed by atoms with Crippen LogP contribution < -0.4 is 15.2 Å². The lowest BCUT2D eigenvalue weighted by Crippen LogP contribution is -2.31. The maximum absolute atomic E-state index is 13.5. The van der Waals surface area contributed by atoms with Crippen molar-refractivity contribution in [2.45, 2.75) is 17.9 Å². The number of primary sulfonamides is 1. The van der Waals surface area contributed by atoms with Crippen molar-refractivity contribution in [3.63, 3.8) is 0 Å². The van der Waals surface area contributed by atoms with E-state index in [1.54, 1.807) is 6.92 Å². The molecule has 3 N–H and O–H groups in total. The first-order valence-corrected chi connectivity index (χ1v) is 8.93. The van der Waals surface area contributed by atoms with Gasteiger partial charge >= 0.3 is 0 Å². The molecular weight excluding hydrogens is 392 g/mol. The molecule has 0 aliphatic carbocycles. The number of benzene rings is 2. The number of nitrogens with one attached hydrogen (secondary N) is 1. The molecule has 0 fully saturated rings. The Morgan fingerprint density at radius 3 is 2.11 bits per heavy atom. The van der Waals surface area contributed by atoms with E-state index in [4.69, 9.17) is 5.14 Å². The zero-order valence-electron chi connectivity index (χ0n) is 13.8. The van der Waals surface area contributed by atoms with Crippen LogP contribution in [-0.2, 0) is 14.8 Å². The van der Waals surface area contributed by atoms with E-state index < -0.39 is 57.6 Å². The molecule has 0 heterocycles. The van der Waals surface area contributed by atoms with Gasteiger partial charge in [-0.3, -0.25) is 4.79 Å². The van der Waals surface area contributed by atoms with Gasteiger partial charge in [0.05, 0.1) is 10.9 Å². The lowest BCUT2D eigenvalue weighted by Gasteiger charge is -2.15. The molecule has 2 aromatic carbocycles. The first kappa shape index (κ1) is 20.6. The van der Waals surface area contributed by atoms with Crippen molar-refractivity contribution in [2.75, 3.05) is 6.61 Å². The minimum Gasteiger partial charge on any atom is -0.477 e. The van der Waals surface area contributed by atoms with Crippen LogP contribution in [0.15, 0.2) is 35.2 Å². The Morgan fingerprint density at radius 2 is 1.63 bits per heavy atom. The third-order valence-corrected chi connectivity index (χ3v) is 4.43. The second kappa shape index (κ2) is 7.92. The van der Waals surface area contributed by atoms with E-state index >= 15 is 0 Å². The maximum atomic E-state index is 13.5. The molecule has 0 aliphatic rings. The van der Waals surface area contributed by atoms with Gasteiger partial charge in [0.1, 0.15) is 0 Å². The van der Waals surface area contributed by atoms with E-state index in [0.717, 1.165) is 0 Å². The molecule has 0 aromatic heterocycles. The van der Waals surface area contributed by atoms with E-state index in [1.165, 1.54) is 24.3 Å². The van der Waals surface area contributed by atoms with Crippen molar-refractivity contribution in [3.05, 3.63) is 59.2 Å². The molecule has 2 rings (SSSR count). The van der Waals surface area contributed by atoms with E-state index in [0.29, 0.717) is 5.56 Å². The molecule has 0 saturated carbocycles. The third-order valence-electron chi connectivity index (χ3n) is 3.51. The number of carbonyl (C=O) groups excluding carboxylic acids is 1. The van der Waals surface area contributed by atoms with Gasteiger partial charge in [-0.25, -0.2) is 22.3 Å². The van der Waals surface area contributed by atoms with Gasteiger partial charge in [-0.05, 0) is 24.6 Å². The zero-order chi connectivity index (χ0) is 20.4. The lowest BCUT2D eigenvalue weighted by molar-refractivity contribution is -0.123. The minimum atomic E-state index is -3.86. The fourth-order valence-electron chi connectivity index (χ4n) is 2.13. The molecule has 2 aromatic rings. The monoisotopic (exact) mass is 406 g/mol. The Hall–Kier alpha value is -2.66. The highest BCUT2D eigenvalue weighted by molar-refractivity contribution is 7.89. The summed E-state index contributed by atoms with van der Waals surface area (Å²) in [6.07, 6.45) is 0. The summed E-state index contributed by atoms with van der Waals surface area (Å²) >= 11 is 0. The standard InChI is InChI=1S/C16H14F4N2O4S/c1-8(9-2-4-10(5-3-9)27(21,24)25)22-13(23)7-26-16-14(19)11(17)6-12(18)15(16)20/h2-6,8H,7H2,1H3,(H,22,23)(H2,21,24,25)/t8-/m0/s1. The molecule has 0 saturated heterocycles. The summed E-state index contributed by atoms with van der Waals surface area (Å²) in [4.78, 5) is 11.7. The van der Waals surface area contributed by atoms with Gasteiger partial charge in [0.15, 0.2) is 24.0 Å². The van der Waals surface area contributed by atoms with Gasteiger partial charge in [0, 0.05) is 6.07 Å². The Labute approximate surface area is 152 Å². The van der Waals surface area contributed by atoms with Crippen LogP contribution in [0.5, 0.6) is 5.75 Å². The highest BCUT2D eigenvalue weighted by atomic mass is 32.2. The molecule has 1 atom stereocenters. The molecule has 1 amide bonds. The predicted molar refractivity (Wildman–Crippen MR) is 86.1 cm³/mol. The molecule has 27 heavy (non-hydrogen) atoms. The molecule has 0 radical (unpaired) electrons. The summed E-state index contributed by atoms with van der Waals surface area (Å²) in [6.45, 7) is 0.642. The Kier molecular flexibility index (Phi) is 6.06. The van der Waals surface area contributed by atoms with Crippen LogP contribution in [0, 0.1) is 23.3 Å². The van der Waals surface area contributed by atoms with E-state index in [1.807, 2.05) is 0 Å². The summed E-state index contributed by atoms with van der Waals surface area (Å²) in [5, 5.41) is 7.39. The Bertz CT molecular complexity index is 939. The number of hydrogen-bond acceptors (Lipinski definition) is 4. The number of nitrogens with two attached hydrogens (primary N) is 1. The number of rotatable bonds is 6. The number of sulfonamides is 1. The number of ether oxygens (including phenoxy) is 1. The van der Waals surface area contributed by atoms with Crippen LogP contribution >= 0.6 is 0 Å². The van der Waals surface area contributed by atoms with Crippen molar-refractivity contribution in [1.82, 2.24) is 5.32 Å². The Morgan fingerprint density at radius 1 is 1.11 bits per heavy atom. The fraction of sp³-hybridized carbons (Fsp3) is 0.188. The van der Waals surface area contributed by atoms with Gasteiger partial charge in [0.2, 0.25) is 21.7 Å². The van der Waals surface area contributed by atoms with Crippen molar-refractivity contribution >= 4 is 15.9 Å². The largest absolute Gasteiger partial charge is 0.477 e. The van der Waals surface area contributed by atoms with Gasteiger partial charge in [-0.2, -0.15) is 8.78 Å². The highest BCUT2D eigenvalue weighted by Gasteiger charge is 2.21. The number of carbonyl (C=O) groups is 1. The molecule has 0 bridgehead atoms. The van der Waals surface area contributed by atoms with Crippen LogP contribution in [0.25, 0.3) is 0 Å². The van der Waals surface area contributed by atoms with E-state index in [2.05, 4.69) is 10.1 Å². The lowest BCUT2D eigenvalue weighted by atomic mass is 10.1. The predicted octanol–water partition coefficient (Wildman–Crippen LogP) is 2.15. The first-order chi connectivity index (χ1) is 12.5. The minimum absolute atomic E-state index is 0.0187. The first-order valence-electron chi connectivity index (χ1n) is 7.38. The number of amides is 1. The summed E-state index contributed by atoms with van der Waals surface area (Å²) in [5.74, 6) is -9.00. The van der Waals surface area contributed by atoms with Crippen LogP contribution in [0.2, 0.25) is 0 Å². The van der Waals surface area contributed by atoms with Crippen molar-refractivity contribution < 1.29 is 35.5 Å². The van der Waals surface area contributed by atoms with Gasteiger partial charge in [-0.1, -0.05) is 12.1 Å². The normalized spacial score (nSPS) is 12.5. The zero-order valence-corrected chi connectivity index (χ0v) is 14.6. The smallest absolute Gasteiger partial charge is 0.258 e. The quantitative estimate of drug-likeness (QED) is 0.567. The molecule has 11 heteroatoms. The number of halogens is 4. The molecule has 0 aliphatic heterocycles. The molecule has 146 valence electrons. The summed E-state index contributed by atoms with van der Waals surface area (Å²) in [5.41, 5.74) is 0.505.